The molecular weight excluding hydrogens is 402 g/mol. The summed E-state index contributed by atoms with van der Waals surface area (Å²) in [5, 5.41) is 12.6. The van der Waals surface area contributed by atoms with E-state index in [0.29, 0.717) is 23.6 Å². The molecular formula is C21H20ClN7O. The summed E-state index contributed by atoms with van der Waals surface area (Å²) in [7, 11) is 0. The molecule has 0 amide bonds. The minimum absolute atomic E-state index is 0.345. The number of fused-ring (bicyclic) bond motifs is 1. The van der Waals surface area contributed by atoms with Crippen LogP contribution in [0.2, 0.25) is 5.15 Å². The van der Waals surface area contributed by atoms with E-state index in [-0.39, 0.29) is 0 Å². The Labute approximate surface area is 178 Å². The Balaban J connectivity index is 1.37. The molecule has 5 rings (SSSR count). The van der Waals surface area contributed by atoms with Crippen LogP contribution in [0.15, 0.2) is 48.9 Å². The van der Waals surface area contributed by atoms with Crippen molar-refractivity contribution in [1.29, 1.82) is 0 Å². The van der Waals surface area contributed by atoms with Crippen LogP contribution in [0.25, 0.3) is 16.9 Å². The second kappa shape index (κ2) is 8.33. The molecule has 5 heterocycles. The summed E-state index contributed by atoms with van der Waals surface area (Å²) in [6.45, 7) is 1.55. The molecule has 1 aliphatic heterocycles. The van der Waals surface area contributed by atoms with Gasteiger partial charge in [-0.25, -0.2) is 15.0 Å². The van der Waals surface area contributed by atoms with Gasteiger partial charge in [0.05, 0.1) is 5.69 Å². The number of nitrogens with one attached hydrogen (secondary N) is 1. The van der Waals surface area contributed by atoms with E-state index in [1.165, 1.54) is 0 Å². The molecule has 4 aromatic heterocycles. The smallest absolute Gasteiger partial charge is 0.223 e. The lowest BCUT2D eigenvalue weighted by molar-refractivity contribution is 0.0903. The molecule has 0 atom stereocenters. The highest BCUT2D eigenvalue weighted by molar-refractivity contribution is 6.29. The molecule has 1 fully saturated rings. The minimum atomic E-state index is 0.345. The molecule has 0 saturated carbocycles. The Kier molecular flexibility index (Phi) is 5.25. The lowest BCUT2D eigenvalue weighted by Gasteiger charge is -2.23. The number of hydrogen-bond donors (Lipinski definition) is 1. The minimum Gasteiger partial charge on any atom is -0.381 e. The third-order valence-electron chi connectivity index (χ3n) is 5.14. The molecule has 1 saturated heterocycles. The van der Waals surface area contributed by atoms with E-state index in [9.17, 15) is 0 Å². The first-order chi connectivity index (χ1) is 14.7. The van der Waals surface area contributed by atoms with E-state index in [0.717, 1.165) is 54.3 Å². The van der Waals surface area contributed by atoms with Gasteiger partial charge in [-0.1, -0.05) is 17.7 Å². The van der Waals surface area contributed by atoms with Gasteiger partial charge >= 0.3 is 0 Å². The Morgan fingerprint density at radius 2 is 2.00 bits per heavy atom. The highest BCUT2D eigenvalue weighted by Crippen LogP contribution is 2.21. The first kappa shape index (κ1) is 18.9. The fourth-order valence-corrected chi connectivity index (χ4v) is 3.64. The van der Waals surface area contributed by atoms with E-state index in [1.54, 1.807) is 18.5 Å². The molecule has 9 heteroatoms. The van der Waals surface area contributed by atoms with Crippen LogP contribution in [-0.4, -0.2) is 48.8 Å². The van der Waals surface area contributed by atoms with Crippen LogP contribution < -0.4 is 5.32 Å². The molecule has 0 bridgehead atoms. The molecule has 152 valence electrons. The zero-order chi connectivity index (χ0) is 20.3. The molecule has 30 heavy (non-hydrogen) atoms. The summed E-state index contributed by atoms with van der Waals surface area (Å²) in [5.74, 6) is 1.47. The van der Waals surface area contributed by atoms with Gasteiger partial charge in [0.2, 0.25) is 5.95 Å². The second-order valence-electron chi connectivity index (χ2n) is 7.22. The van der Waals surface area contributed by atoms with Crippen molar-refractivity contribution in [3.8, 4) is 11.3 Å². The van der Waals surface area contributed by atoms with Crippen molar-refractivity contribution in [2.45, 2.75) is 25.3 Å². The fourth-order valence-electron chi connectivity index (χ4n) is 3.53. The number of halogens is 1. The van der Waals surface area contributed by atoms with Crippen LogP contribution in [0.1, 0.15) is 24.2 Å². The first-order valence-electron chi connectivity index (χ1n) is 9.86. The topological polar surface area (TPSA) is 90.1 Å². The summed E-state index contributed by atoms with van der Waals surface area (Å²) in [6.07, 6.45) is 8.05. The standard InChI is InChI=1S/C21H20ClN7O/c22-18-2-1-14(13-24-18)11-19-27-28-20-12-15(4-8-29(19)20)17-3-7-23-21(26-17)25-16-5-9-30-10-6-16/h1-4,7-8,12-13,16H,5-6,9-11H2,(H,23,25,26). The Morgan fingerprint density at radius 1 is 1.10 bits per heavy atom. The van der Waals surface area contributed by atoms with E-state index >= 15 is 0 Å². The van der Waals surface area contributed by atoms with Gasteiger partial charge in [0.15, 0.2) is 5.65 Å². The molecule has 4 aromatic rings. The van der Waals surface area contributed by atoms with E-state index in [4.69, 9.17) is 16.3 Å². The number of anilines is 1. The average Bonchev–Trinajstić information content (AvgIpc) is 3.18. The zero-order valence-corrected chi connectivity index (χ0v) is 17.0. The van der Waals surface area contributed by atoms with E-state index in [2.05, 4.69) is 30.5 Å². The van der Waals surface area contributed by atoms with Gasteiger partial charge in [0.1, 0.15) is 11.0 Å². The maximum Gasteiger partial charge on any atom is 0.223 e. The molecule has 0 aliphatic carbocycles. The van der Waals surface area contributed by atoms with E-state index < -0.39 is 0 Å². The van der Waals surface area contributed by atoms with Crippen molar-refractivity contribution in [2.75, 3.05) is 18.5 Å². The van der Waals surface area contributed by atoms with Gasteiger partial charge in [-0.2, -0.15) is 0 Å². The predicted octanol–water partition coefficient (Wildman–Crippen LogP) is 3.42. The van der Waals surface area contributed by atoms with Gasteiger partial charge in [-0.05, 0) is 42.7 Å². The molecule has 0 aromatic carbocycles. The van der Waals surface area contributed by atoms with Gasteiger partial charge in [-0.3, -0.25) is 4.40 Å². The lowest BCUT2D eigenvalue weighted by Crippen LogP contribution is -2.28. The molecule has 8 nitrogen and oxygen atoms in total. The van der Waals surface area contributed by atoms with Gasteiger partial charge < -0.3 is 10.1 Å². The summed E-state index contributed by atoms with van der Waals surface area (Å²) in [6, 6.07) is 9.96. The fraction of sp³-hybridized carbons (Fsp3) is 0.286. The van der Waals surface area contributed by atoms with Crippen molar-refractivity contribution in [2.24, 2.45) is 0 Å². The Bertz CT molecular complexity index is 1160. The lowest BCUT2D eigenvalue weighted by atomic mass is 10.1. The van der Waals surface area contributed by atoms with Crippen molar-refractivity contribution in [1.82, 2.24) is 29.5 Å². The average molecular weight is 422 g/mol. The van der Waals surface area contributed by atoms with Crippen LogP contribution in [0, 0.1) is 0 Å². The SMILES string of the molecule is Clc1ccc(Cc2nnc3cc(-c4ccnc(NC5CCOCC5)n4)ccn23)cn1. The summed E-state index contributed by atoms with van der Waals surface area (Å²) < 4.78 is 7.38. The second-order valence-corrected chi connectivity index (χ2v) is 7.61. The number of hydrogen-bond acceptors (Lipinski definition) is 7. The summed E-state index contributed by atoms with van der Waals surface area (Å²) in [5.41, 5.74) is 3.60. The van der Waals surface area contributed by atoms with Crippen molar-refractivity contribution in [3.05, 3.63) is 65.5 Å². The van der Waals surface area contributed by atoms with Crippen LogP contribution in [0.3, 0.4) is 0 Å². The summed E-state index contributed by atoms with van der Waals surface area (Å²) >= 11 is 5.87. The Hall–Kier alpha value is -3.10. The summed E-state index contributed by atoms with van der Waals surface area (Å²) in [4.78, 5) is 13.2. The van der Waals surface area contributed by atoms with Gasteiger partial charge in [-0.15, -0.1) is 10.2 Å². The van der Waals surface area contributed by atoms with Crippen LogP contribution in [0.5, 0.6) is 0 Å². The monoisotopic (exact) mass is 421 g/mol. The molecule has 1 aliphatic rings. The maximum absolute atomic E-state index is 5.87. The molecule has 0 spiro atoms. The number of rotatable bonds is 5. The van der Waals surface area contributed by atoms with Gasteiger partial charge in [0.25, 0.3) is 0 Å². The molecule has 0 unspecified atom stereocenters. The first-order valence-corrected chi connectivity index (χ1v) is 10.2. The van der Waals surface area contributed by atoms with Crippen molar-refractivity contribution >= 4 is 23.2 Å². The third-order valence-corrected chi connectivity index (χ3v) is 5.36. The third kappa shape index (κ3) is 4.10. The van der Waals surface area contributed by atoms with Gasteiger partial charge in [0, 0.05) is 49.8 Å². The number of nitrogens with zero attached hydrogens (tertiary/aromatic N) is 6. The van der Waals surface area contributed by atoms with Crippen LogP contribution >= 0.6 is 11.6 Å². The quantitative estimate of drug-likeness (QED) is 0.494. The largest absolute Gasteiger partial charge is 0.381 e. The van der Waals surface area contributed by atoms with E-state index in [1.807, 2.05) is 34.9 Å². The van der Waals surface area contributed by atoms with Crippen LogP contribution in [0.4, 0.5) is 5.95 Å². The number of ether oxygens (including phenoxy) is 1. The zero-order valence-electron chi connectivity index (χ0n) is 16.2. The molecule has 0 radical (unpaired) electrons. The maximum atomic E-state index is 5.87. The highest BCUT2D eigenvalue weighted by Gasteiger charge is 2.15. The van der Waals surface area contributed by atoms with Crippen molar-refractivity contribution in [3.63, 3.8) is 0 Å². The van der Waals surface area contributed by atoms with Crippen LogP contribution in [-0.2, 0) is 11.2 Å². The van der Waals surface area contributed by atoms with Crippen molar-refractivity contribution < 1.29 is 4.74 Å². The molecule has 1 N–H and O–H groups in total. The predicted molar refractivity (Wildman–Crippen MR) is 114 cm³/mol. The number of pyridine rings is 2. The Morgan fingerprint density at radius 3 is 2.83 bits per heavy atom. The number of aromatic nitrogens is 6. The highest BCUT2D eigenvalue weighted by atomic mass is 35.5. The normalized spacial score (nSPS) is 14.8.